The van der Waals surface area contributed by atoms with E-state index in [0.717, 1.165) is 36.3 Å². The van der Waals surface area contributed by atoms with Crippen molar-refractivity contribution in [3.63, 3.8) is 0 Å². The molecular weight excluding hydrogens is 295 g/mol. The van der Waals surface area contributed by atoms with Crippen molar-refractivity contribution in [3.8, 4) is 0 Å². The van der Waals surface area contributed by atoms with Crippen LogP contribution in [0.4, 0.5) is 17.1 Å². The van der Waals surface area contributed by atoms with Crippen LogP contribution >= 0.6 is 0 Å². The van der Waals surface area contributed by atoms with Crippen LogP contribution in [-0.2, 0) is 4.79 Å². The standard InChI is InChI=1S/C12H14N4OSe/c13-12(5-2-6-12)7-10(17)14-8-3-1-4-9-11(8)16-18-15-9/h1,3-4H,2,5-7,13H2,(H,14,17). The Morgan fingerprint density at radius 3 is 3.00 bits per heavy atom. The van der Waals surface area contributed by atoms with Crippen molar-refractivity contribution < 1.29 is 4.79 Å². The molecule has 1 heterocycles. The number of nitrogens with zero attached hydrogens (tertiary/aromatic N) is 2. The molecule has 3 rings (SSSR count). The third kappa shape index (κ3) is 2.19. The molecule has 1 aliphatic carbocycles. The van der Waals surface area contributed by atoms with Crippen molar-refractivity contribution in [3.05, 3.63) is 18.2 Å². The van der Waals surface area contributed by atoms with Crippen molar-refractivity contribution in [2.75, 3.05) is 5.32 Å². The van der Waals surface area contributed by atoms with Crippen LogP contribution in [0.2, 0.25) is 0 Å². The fourth-order valence-electron chi connectivity index (χ4n) is 2.23. The number of fused-ring (bicyclic) bond motifs is 1. The molecule has 5 nitrogen and oxygen atoms in total. The number of rotatable bonds is 3. The van der Waals surface area contributed by atoms with Crippen molar-refractivity contribution in [1.29, 1.82) is 0 Å². The Labute approximate surface area is 111 Å². The van der Waals surface area contributed by atoms with Crippen LogP contribution in [0.3, 0.4) is 0 Å². The molecule has 1 aliphatic heterocycles. The van der Waals surface area contributed by atoms with Gasteiger partial charge in [-0.25, -0.2) is 0 Å². The molecule has 94 valence electrons. The summed E-state index contributed by atoms with van der Waals surface area (Å²) in [5.74, 6) is -0.0276. The van der Waals surface area contributed by atoms with E-state index in [0.29, 0.717) is 6.42 Å². The van der Waals surface area contributed by atoms with Gasteiger partial charge >= 0.3 is 111 Å². The zero-order valence-electron chi connectivity index (χ0n) is 9.85. The summed E-state index contributed by atoms with van der Waals surface area (Å²) < 4.78 is 8.62. The molecule has 0 unspecified atom stereocenters. The number of anilines is 1. The molecule has 1 aromatic carbocycles. The summed E-state index contributed by atoms with van der Waals surface area (Å²) in [4.78, 5) is 12.0. The second-order valence-electron chi connectivity index (χ2n) is 4.88. The zero-order valence-corrected chi connectivity index (χ0v) is 11.6. The molecule has 3 N–H and O–H groups in total. The normalized spacial score (nSPS) is 18.7. The quantitative estimate of drug-likeness (QED) is 0.853. The van der Waals surface area contributed by atoms with Gasteiger partial charge < -0.3 is 0 Å². The fraction of sp³-hybridized carbons (Fsp3) is 0.417. The fourth-order valence-corrected chi connectivity index (χ4v) is 3.38. The van der Waals surface area contributed by atoms with E-state index in [1.165, 1.54) is 0 Å². The van der Waals surface area contributed by atoms with E-state index in [-0.39, 0.29) is 26.0 Å². The Morgan fingerprint density at radius 2 is 2.28 bits per heavy atom. The molecule has 0 atom stereocenters. The monoisotopic (exact) mass is 310 g/mol. The van der Waals surface area contributed by atoms with Gasteiger partial charge in [-0.05, 0) is 0 Å². The van der Waals surface area contributed by atoms with Gasteiger partial charge in [0.1, 0.15) is 0 Å². The molecule has 0 aromatic heterocycles. The summed E-state index contributed by atoms with van der Waals surface area (Å²) in [5, 5.41) is 2.90. The zero-order chi connectivity index (χ0) is 12.6. The number of benzene rings is 1. The average Bonchev–Trinajstić information content (AvgIpc) is 2.76. The first-order valence-corrected chi connectivity index (χ1v) is 7.50. The first kappa shape index (κ1) is 11.8. The van der Waals surface area contributed by atoms with E-state index >= 15 is 0 Å². The third-order valence-corrected chi connectivity index (χ3v) is 4.56. The molecule has 1 amide bonds. The first-order chi connectivity index (χ1) is 8.66. The molecule has 0 bridgehead atoms. The number of hydrogen-bond donors (Lipinski definition) is 2. The first-order valence-electron chi connectivity index (χ1n) is 5.96. The topological polar surface area (TPSA) is 79.8 Å². The SMILES string of the molecule is NC1(CC(=O)Nc2cccc3c2N=[Se]=N3)CCC1. The Balaban J connectivity index is 1.72. The van der Waals surface area contributed by atoms with Crippen LogP contribution < -0.4 is 11.1 Å². The van der Waals surface area contributed by atoms with Gasteiger partial charge in [-0.3, -0.25) is 0 Å². The van der Waals surface area contributed by atoms with Crippen LogP contribution in [0.25, 0.3) is 0 Å². The molecule has 18 heavy (non-hydrogen) atoms. The van der Waals surface area contributed by atoms with Gasteiger partial charge in [0.25, 0.3) is 0 Å². The molecular formula is C12H14N4OSe. The van der Waals surface area contributed by atoms with E-state index in [9.17, 15) is 4.79 Å². The van der Waals surface area contributed by atoms with Crippen LogP contribution in [0, 0.1) is 0 Å². The van der Waals surface area contributed by atoms with Crippen molar-refractivity contribution in [1.82, 2.24) is 0 Å². The van der Waals surface area contributed by atoms with Crippen molar-refractivity contribution in [2.24, 2.45) is 13.7 Å². The van der Waals surface area contributed by atoms with Crippen molar-refractivity contribution in [2.45, 2.75) is 31.2 Å². The maximum absolute atomic E-state index is 12.0. The van der Waals surface area contributed by atoms with Gasteiger partial charge in [0.05, 0.1) is 0 Å². The van der Waals surface area contributed by atoms with Gasteiger partial charge in [0.15, 0.2) is 0 Å². The van der Waals surface area contributed by atoms with Gasteiger partial charge in [-0.2, -0.15) is 0 Å². The van der Waals surface area contributed by atoms with Crippen LogP contribution in [0.15, 0.2) is 26.1 Å². The van der Waals surface area contributed by atoms with E-state index in [1.54, 1.807) is 0 Å². The van der Waals surface area contributed by atoms with Gasteiger partial charge in [0.2, 0.25) is 0 Å². The summed E-state index contributed by atoms with van der Waals surface area (Å²) in [6.45, 7) is 0. The predicted molar refractivity (Wildman–Crippen MR) is 70.4 cm³/mol. The molecule has 1 saturated carbocycles. The Kier molecular flexibility index (Phi) is 2.93. The van der Waals surface area contributed by atoms with Crippen LogP contribution in [0.5, 0.6) is 0 Å². The average molecular weight is 309 g/mol. The van der Waals surface area contributed by atoms with Crippen molar-refractivity contribution >= 4 is 37.5 Å². The molecule has 6 heteroatoms. The second kappa shape index (κ2) is 4.46. The summed E-state index contributed by atoms with van der Waals surface area (Å²) in [7, 11) is 0. The number of hydrogen-bond acceptors (Lipinski definition) is 4. The summed E-state index contributed by atoms with van der Waals surface area (Å²) in [6, 6.07) is 5.66. The Hall–Kier alpha value is -1.23. The minimum atomic E-state index is -0.284. The van der Waals surface area contributed by atoms with E-state index in [2.05, 4.69) is 13.2 Å². The molecule has 1 aromatic rings. The summed E-state index contributed by atoms with van der Waals surface area (Å²) >= 11 is -0.0772. The van der Waals surface area contributed by atoms with Crippen LogP contribution in [0.1, 0.15) is 25.7 Å². The molecule has 2 aliphatic rings. The number of carbonyl (C=O) groups excluding carboxylic acids is 1. The molecule has 0 radical (unpaired) electrons. The number of amides is 1. The Morgan fingerprint density at radius 1 is 1.44 bits per heavy atom. The molecule has 0 saturated heterocycles. The predicted octanol–water partition coefficient (Wildman–Crippen LogP) is 2.24. The van der Waals surface area contributed by atoms with E-state index < -0.39 is 0 Å². The van der Waals surface area contributed by atoms with Gasteiger partial charge in [0, 0.05) is 0 Å². The van der Waals surface area contributed by atoms with Crippen LogP contribution in [-0.4, -0.2) is 26.0 Å². The molecule has 1 fully saturated rings. The van der Waals surface area contributed by atoms with E-state index in [1.807, 2.05) is 18.2 Å². The minimum absolute atomic E-state index is 0.0276. The molecule has 0 spiro atoms. The number of carbonyl (C=O) groups is 1. The van der Waals surface area contributed by atoms with E-state index in [4.69, 9.17) is 5.73 Å². The second-order valence-corrected chi connectivity index (χ2v) is 5.99. The number of nitrogens with one attached hydrogen (secondary N) is 1. The maximum atomic E-state index is 12.0. The number of nitrogens with two attached hydrogens (primary N) is 1. The Bertz CT molecular complexity index is 573. The summed E-state index contributed by atoms with van der Waals surface area (Å²) in [5.41, 5.74) is 8.22. The van der Waals surface area contributed by atoms with Gasteiger partial charge in [-0.15, -0.1) is 0 Å². The third-order valence-electron chi connectivity index (χ3n) is 3.42. The summed E-state index contributed by atoms with van der Waals surface area (Å²) in [6.07, 6.45) is 3.40. The van der Waals surface area contributed by atoms with Gasteiger partial charge in [-0.1, -0.05) is 0 Å².